The monoisotopic (exact) mass is 338 g/mol. The number of halogens is 3. The number of imidazole rings is 1. The van der Waals surface area contributed by atoms with Crippen LogP contribution in [0.5, 0.6) is 5.75 Å². The van der Waals surface area contributed by atoms with E-state index < -0.39 is 11.6 Å². The molecule has 20 heavy (non-hydrogen) atoms. The van der Waals surface area contributed by atoms with Gasteiger partial charge in [-0.05, 0) is 34.1 Å². The van der Waals surface area contributed by atoms with E-state index >= 15 is 0 Å². The van der Waals surface area contributed by atoms with E-state index in [9.17, 15) is 8.78 Å². The summed E-state index contributed by atoms with van der Waals surface area (Å²) < 4.78 is 32.7. The largest absolute Gasteiger partial charge is 0.497 e. The molecule has 0 fully saturated rings. The zero-order chi connectivity index (χ0) is 14.3. The zero-order valence-corrected chi connectivity index (χ0v) is 12.0. The van der Waals surface area contributed by atoms with Gasteiger partial charge in [0.1, 0.15) is 23.2 Å². The van der Waals surface area contributed by atoms with E-state index in [1.54, 1.807) is 18.2 Å². The second kappa shape index (κ2) is 4.86. The van der Waals surface area contributed by atoms with E-state index in [1.807, 2.05) is 0 Å². The lowest BCUT2D eigenvalue weighted by Gasteiger charge is -2.02. The van der Waals surface area contributed by atoms with Gasteiger partial charge in [-0.2, -0.15) is 0 Å². The first-order valence-corrected chi connectivity index (χ1v) is 6.56. The molecule has 2 aromatic carbocycles. The number of aromatic nitrogens is 2. The molecule has 6 heteroatoms. The van der Waals surface area contributed by atoms with Crippen molar-refractivity contribution in [3.05, 3.63) is 46.4 Å². The van der Waals surface area contributed by atoms with Crippen LogP contribution in [0, 0.1) is 11.6 Å². The van der Waals surface area contributed by atoms with Gasteiger partial charge >= 0.3 is 0 Å². The van der Waals surface area contributed by atoms with E-state index in [0.717, 1.165) is 0 Å². The van der Waals surface area contributed by atoms with Crippen molar-refractivity contribution >= 4 is 27.0 Å². The maximum atomic E-state index is 14.0. The van der Waals surface area contributed by atoms with Gasteiger partial charge in [-0.1, -0.05) is 0 Å². The van der Waals surface area contributed by atoms with Gasteiger partial charge < -0.3 is 9.72 Å². The SMILES string of the molecule is COc1ccc(-c2nc3cc(Br)c(F)cc3[nH]2)c(F)c1. The van der Waals surface area contributed by atoms with E-state index in [4.69, 9.17) is 4.74 Å². The summed E-state index contributed by atoms with van der Waals surface area (Å²) in [5, 5.41) is 0. The number of ether oxygens (including phenoxy) is 1. The molecular weight excluding hydrogens is 330 g/mol. The molecule has 102 valence electrons. The fraction of sp³-hybridized carbons (Fsp3) is 0.0714. The Hall–Kier alpha value is -1.95. The van der Waals surface area contributed by atoms with E-state index in [-0.39, 0.29) is 0 Å². The minimum atomic E-state index is -0.456. The highest BCUT2D eigenvalue weighted by atomic mass is 79.9. The Morgan fingerprint density at radius 3 is 2.65 bits per heavy atom. The van der Waals surface area contributed by atoms with Crippen LogP contribution in [0.3, 0.4) is 0 Å². The third-order valence-electron chi connectivity index (χ3n) is 2.96. The molecule has 0 spiro atoms. The van der Waals surface area contributed by atoms with Gasteiger partial charge in [0.05, 0.1) is 28.2 Å². The molecule has 1 aromatic heterocycles. The third kappa shape index (κ3) is 2.16. The Morgan fingerprint density at radius 1 is 1.15 bits per heavy atom. The van der Waals surface area contributed by atoms with Crippen molar-refractivity contribution in [2.75, 3.05) is 7.11 Å². The van der Waals surface area contributed by atoms with Gasteiger partial charge in [0.2, 0.25) is 0 Å². The van der Waals surface area contributed by atoms with Crippen LogP contribution in [0.1, 0.15) is 0 Å². The Balaban J connectivity index is 2.15. The van der Waals surface area contributed by atoms with Crippen molar-refractivity contribution in [3.63, 3.8) is 0 Å². The number of rotatable bonds is 2. The van der Waals surface area contributed by atoms with Gasteiger partial charge in [0.25, 0.3) is 0 Å². The summed E-state index contributed by atoms with van der Waals surface area (Å²) in [5.74, 6) is -0.0837. The lowest BCUT2D eigenvalue weighted by molar-refractivity contribution is 0.411. The lowest BCUT2D eigenvalue weighted by Crippen LogP contribution is -1.89. The molecule has 0 atom stereocenters. The van der Waals surface area contributed by atoms with Crippen LogP contribution in [-0.4, -0.2) is 17.1 Å². The molecule has 3 aromatic rings. The summed E-state index contributed by atoms with van der Waals surface area (Å²) in [6.07, 6.45) is 0. The minimum Gasteiger partial charge on any atom is -0.497 e. The Kier molecular flexibility index (Phi) is 3.17. The van der Waals surface area contributed by atoms with Gasteiger partial charge in [0, 0.05) is 12.1 Å². The van der Waals surface area contributed by atoms with E-state index in [0.29, 0.717) is 32.6 Å². The highest BCUT2D eigenvalue weighted by molar-refractivity contribution is 9.10. The fourth-order valence-corrected chi connectivity index (χ4v) is 2.28. The van der Waals surface area contributed by atoms with Gasteiger partial charge in [-0.15, -0.1) is 0 Å². The van der Waals surface area contributed by atoms with Crippen LogP contribution >= 0.6 is 15.9 Å². The van der Waals surface area contributed by atoms with Crippen LogP contribution in [0.4, 0.5) is 8.78 Å². The van der Waals surface area contributed by atoms with Crippen LogP contribution in [0.2, 0.25) is 0 Å². The van der Waals surface area contributed by atoms with Crippen molar-refractivity contribution < 1.29 is 13.5 Å². The predicted octanol–water partition coefficient (Wildman–Crippen LogP) is 4.28. The van der Waals surface area contributed by atoms with Crippen LogP contribution < -0.4 is 4.74 Å². The molecule has 3 rings (SSSR count). The van der Waals surface area contributed by atoms with Crippen molar-refractivity contribution in [3.8, 4) is 17.1 Å². The number of hydrogen-bond acceptors (Lipinski definition) is 2. The Bertz CT molecular complexity index is 762. The first-order chi connectivity index (χ1) is 9.58. The smallest absolute Gasteiger partial charge is 0.141 e. The Labute approximate surface area is 121 Å². The van der Waals surface area contributed by atoms with Gasteiger partial charge in [-0.25, -0.2) is 13.8 Å². The molecule has 0 saturated carbocycles. The van der Waals surface area contributed by atoms with Crippen molar-refractivity contribution in [2.45, 2.75) is 0 Å². The first-order valence-electron chi connectivity index (χ1n) is 5.77. The molecule has 0 bridgehead atoms. The number of H-pyrrole nitrogens is 1. The van der Waals surface area contributed by atoms with Crippen LogP contribution in [-0.2, 0) is 0 Å². The zero-order valence-electron chi connectivity index (χ0n) is 10.4. The van der Waals surface area contributed by atoms with Gasteiger partial charge in [0.15, 0.2) is 0 Å². The second-order valence-corrected chi connectivity index (χ2v) is 5.07. The molecule has 1 heterocycles. The predicted molar refractivity (Wildman–Crippen MR) is 75.7 cm³/mol. The summed E-state index contributed by atoms with van der Waals surface area (Å²) in [6.45, 7) is 0. The molecule has 0 radical (unpaired) electrons. The number of hydrogen-bond donors (Lipinski definition) is 1. The number of methoxy groups -OCH3 is 1. The molecule has 0 unspecified atom stereocenters. The molecular formula is C14H9BrF2N2O. The van der Waals surface area contributed by atoms with E-state index in [2.05, 4.69) is 25.9 Å². The van der Waals surface area contributed by atoms with Crippen molar-refractivity contribution in [1.29, 1.82) is 0 Å². The Morgan fingerprint density at radius 2 is 1.95 bits per heavy atom. The lowest BCUT2D eigenvalue weighted by atomic mass is 10.2. The average molecular weight is 339 g/mol. The molecule has 0 aliphatic rings. The van der Waals surface area contributed by atoms with Crippen LogP contribution in [0.25, 0.3) is 22.4 Å². The standard InChI is InChI=1S/C14H9BrF2N2O/c1-20-7-2-3-8(10(16)4-7)14-18-12-5-9(15)11(17)6-13(12)19-14/h2-6H,1H3,(H,18,19). The molecule has 0 aliphatic heterocycles. The normalized spacial score (nSPS) is 11.0. The molecule has 1 N–H and O–H groups in total. The highest BCUT2D eigenvalue weighted by Crippen LogP contribution is 2.28. The van der Waals surface area contributed by atoms with Crippen molar-refractivity contribution in [2.24, 2.45) is 0 Å². The summed E-state index contributed by atoms with van der Waals surface area (Å²) in [5.41, 5.74) is 1.37. The van der Waals surface area contributed by atoms with E-state index in [1.165, 1.54) is 19.2 Å². The maximum Gasteiger partial charge on any atom is 0.141 e. The molecule has 0 saturated heterocycles. The molecule has 3 nitrogen and oxygen atoms in total. The average Bonchev–Trinajstić information content (AvgIpc) is 2.81. The second-order valence-electron chi connectivity index (χ2n) is 4.21. The quantitative estimate of drug-likeness (QED) is 0.757. The van der Waals surface area contributed by atoms with Crippen LogP contribution in [0.15, 0.2) is 34.8 Å². The number of benzene rings is 2. The number of fused-ring (bicyclic) bond motifs is 1. The fourth-order valence-electron chi connectivity index (χ4n) is 1.95. The molecule has 0 amide bonds. The summed E-state index contributed by atoms with van der Waals surface area (Å²) in [6, 6.07) is 7.35. The first kappa shape index (κ1) is 13.1. The summed E-state index contributed by atoms with van der Waals surface area (Å²) >= 11 is 3.10. The third-order valence-corrected chi connectivity index (χ3v) is 3.56. The highest BCUT2D eigenvalue weighted by Gasteiger charge is 2.12. The number of nitrogens with zero attached hydrogens (tertiary/aromatic N) is 1. The number of nitrogens with one attached hydrogen (secondary N) is 1. The van der Waals surface area contributed by atoms with Crippen molar-refractivity contribution in [1.82, 2.24) is 9.97 Å². The number of aromatic amines is 1. The maximum absolute atomic E-state index is 14.0. The summed E-state index contributed by atoms with van der Waals surface area (Å²) in [7, 11) is 1.47. The topological polar surface area (TPSA) is 37.9 Å². The minimum absolute atomic E-state index is 0.304. The van der Waals surface area contributed by atoms with Gasteiger partial charge in [-0.3, -0.25) is 0 Å². The molecule has 0 aliphatic carbocycles. The summed E-state index contributed by atoms with van der Waals surface area (Å²) in [4.78, 5) is 7.17.